The lowest BCUT2D eigenvalue weighted by molar-refractivity contribution is 0.0673. The molecule has 0 N–H and O–H groups in total. The summed E-state index contributed by atoms with van der Waals surface area (Å²) in [5.41, 5.74) is 1.01. The highest BCUT2D eigenvalue weighted by atomic mass is 16.3. The number of hydrogen-bond acceptors (Lipinski definition) is 5. The lowest BCUT2D eigenvalue weighted by Gasteiger charge is -2.31. The van der Waals surface area contributed by atoms with Gasteiger partial charge in [-0.15, -0.1) is 0 Å². The normalized spacial score (nSPS) is 19.1. The van der Waals surface area contributed by atoms with Gasteiger partial charge in [-0.2, -0.15) is 0 Å². The van der Waals surface area contributed by atoms with Crippen LogP contribution in [0.5, 0.6) is 0 Å². The molecule has 0 spiro atoms. The number of hydrogen-bond donors (Lipinski definition) is 0. The number of aromatic nitrogens is 3. The van der Waals surface area contributed by atoms with Gasteiger partial charge in [0.2, 0.25) is 5.76 Å². The molecule has 6 heteroatoms. The van der Waals surface area contributed by atoms with Crippen LogP contribution >= 0.6 is 0 Å². The lowest BCUT2D eigenvalue weighted by atomic mass is 9.94. The van der Waals surface area contributed by atoms with Crippen LogP contribution in [0.1, 0.15) is 40.8 Å². The Bertz CT molecular complexity index is 597. The Balaban J connectivity index is 1.75. The van der Waals surface area contributed by atoms with Gasteiger partial charge in [0.1, 0.15) is 5.82 Å². The molecule has 6 nitrogen and oxygen atoms in total. The van der Waals surface area contributed by atoms with Crippen molar-refractivity contribution in [2.75, 3.05) is 13.1 Å². The lowest BCUT2D eigenvalue weighted by Crippen LogP contribution is -2.39. The van der Waals surface area contributed by atoms with E-state index in [1.165, 1.54) is 12.6 Å². The summed E-state index contributed by atoms with van der Waals surface area (Å²) in [7, 11) is 0. The molecule has 3 rings (SSSR count). The number of nitrogens with zero attached hydrogens (tertiary/aromatic N) is 4. The third kappa shape index (κ3) is 2.54. The van der Waals surface area contributed by atoms with E-state index in [0.717, 1.165) is 30.9 Å². The van der Waals surface area contributed by atoms with E-state index in [-0.39, 0.29) is 11.8 Å². The Kier molecular flexibility index (Phi) is 3.45. The van der Waals surface area contributed by atoms with E-state index in [1.807, 2.05) is 17.9 Å². The summed E-state index contributed by atoms with van der Waals surface area (Å²) >= 11 is 0. The predicted molar refractivity (Wildman–Crippen MR) is 71.2 cm³/mol. The second kappa shape index (κ2) is 5.40. The summed E-state index contributed by atoms with van der Waals surface area (Å²) in [6.07, 6.45) is 6.52. The van der Waals surface area contributed by atoms with Crippen LogP contribution in [0, 0.1) is 6.92 Å². The Labute approximate surface area is 116 Å². The summed E-state index contributed by atoms with van der Waals surface area (Å²) in [6, 6.07) is 1.93. The minimum absolute atomic E-state index is 0.0991. The van der Waals surface area contributed by atoms with Gasteiger partial charge in [-0.25, -0.2) is 15.0 Å². The van der Waals surface area contributed by atoms with Gasteiger partial charge in [-0.05, 0) is 25.8 Å². The van der Waals surface area contributed by atoms with Crippen LogP contribution in [-0.4, -0.2) is 38.8 Å². The number of aryl methyl sites for hydroxylation is 1. The number of likely N-dealkylation sites (tertiary alicyclic amines) is 1. The van der Waals surface area contributed by atoms with Crippen molar-refractivity contribution in [3.8, 4) is 0 Å². The van der Waals surface area contributed by atoms with Gasteiger partial charge in [0.15, 0.2) is 6.39 Å². The molecule has 2 aromatic rings. The Morgan fingerprint density at radius 2 is 2.40 bits per heavy atom. The van der Waals surface area contributed by atoms with Gasteiger partial charge in [0.05, 0.1) is 6.20 Å². The van der Waals surface area contributed by atoms with E-state index in [0.29, 0.717) is 12.3 Å². The summed E-state index contributed by atoms with van der Waals surface area (Å²) in [5.74, 6) is 1.22. The van der Waals surface area contributed by atoms with E-state index in [1.54, 1.807) is 6.20 Å². The van der Waals surface area contributed by atoms with Crippen LogP contribution < -0.4 is 0 Å². The first-order valence-electron chi connectivity index (χ1n) is 6.71. The van der Waals surface area contributed by atoms with E-state index in [2.05, 4.69) is 15.0 Å². The molecule has 0 aliphatic carbocycles. The highest BCUT2D eigenvalue weighted by Crippen LogP contribution is 2.26. The monoisotopic (exact) mass is 272 g/mol. The van der Waals surface area contributed by atoms with Crippen LogP contribution in [0.15, 0.2) is 29.3 Å². The predicted octanol–water partition coefficient (Wildman–Crippen LogP) is 1.79. The van der Waals surface area contributed by atoms with Crippen LogP contribution in [0.3, 0.4) is 0 Å². The SMILES string of the molecule is Cc1nccc([C@@H]2CCCN(C(=O)c3cnco3)C2)n1. The molecule has 0 bridgehead atoms. The van der Waals surface area contributed by atoms with Gasteiger partial charge < -0.3 is 9.32 Å². The zero-order valence-corrected chi connectivity index (χ0v) is 11.3. The van der Waals surface area contributed by atoms with Crippen molar-refractivity contribution in [2.45, 2.75) is 25.7 Å². The molecule has 1 aliphatic rings. The molecule has 0 radical (unpaired) electrons. The molecule has 104 valence electrons. The maximum atomic E-state index is 12.3. The Morgan fingerprint density at radius 3 is 3.15 bits per heavy atom. The third-order valence-electron chi connectivity index (χ3n) is 3.57. The third-order valence-corrected chi connectivity index (χ3v) is 3.57. The molecule has 0 aromatic carbocycles. The van der Waals surface area contributed by atoms with Gasteiger partial charge in [-0.1, -0.05) is 0 Å². The number of oxazole rings is 1. The standard InChI is InChI=1S/C14H16N4O2/c1-10-16-5-4-12(17-10)11-3-2-6-18(8-11)14(19)13-7-15-9-20-13/h4-5,7,9,11H,2-3,6,8H2,1H3/t11-/m1/s1. The van der Waals surface area contributed by atoms with Gasteiger partial charge in [-0.3, -0.25) is 4.79 Å². The number of carbonyl (C=O) groups excluding carboxylic acids is 1. The molecule has 1 saturated heterocycles. The van der Waals surface area contributed by atoms with E-state index >= 15 is 0 Å². The molecule has 1 atom stereocenters. The number of carbonyl (C=O) groups is 1. The summed E-state index contributed by atoms with van der Waals surface area (Å²) < 4.78 is 5.08. The molecular weight excluding hydrogens is 256 g/mol. The minimum Gasteiger partial charge on any atom is -0.438 e. The van der Waals surface area contributed by atoms with Crippen LogP contribution in [-0.2, 0) is 0 Å². The Hall–Kier alpha value is -2.24. The maximum absolute atomic E-state index is 12.3. The first-order valence-corrected chi connectivity index (χ1v) is 6.71. The van der Waals surface area contributed by atoms with Crippen LogP contribution in [0.25, 0.3) is 0 Å². The topological polar surface area (TPSA) is 72.1 Å². The van der Waals surface area contributed by atoms with Crippen molar-refractivity contribution in [1.29, 1.82) is 0 Å². The summed E-state index contributed by atoms with van der Waals surface area (Å²) in [5, 5.41) is 0. The largest absolute Gasteiger partial charge is 0.438 e. The molecule has 1 amide bonds. The molecule has 1 aliphatic heterocycles. The van der Waals surface area contributed by atoms with Gasteiger partial charge in [0.25, 0.3) is 5.91 Å². The second-order valence-electron chi connectivity index (χ2n) is 4.98. The zero-order valence-electron chi connectivity index (χ0n) is 11.3. The first kappa shape index (κ1) is 12.8. The van der Waals surface area contributed by atoms with E-state index < -0.39 is 0 Å². The zero-order chi connectivity index (χ0) is 13.9. The highest BCUT2D eigenvalue weighted by molar-refractivity contribution is 5.91. The molecule has 2 aromatic heterocycles. The van der Waals surface area contributed by atoms with E-state index in [4.69, 9.17) is 4.42 Å². The van der Waals surface area contributed by atoms with Crippen molar-refractivity contribution < 1.29 is 9.21 Å². The Morgan fingerprint density at radius 1 is 1.50 bits per heavy atom. The van der Waals surface area contributed by atoms with Gasteiger partial charge >= 0.3 is 0 Å². The van der Waals surface area contributed by atoms with E-state index in [9.17, 15) is 4.79 Å². The maximum Gasteiger partial charge on any atom is 0.291 e. The van der Waals surface area contributed by atoms with Crippen molar-refractivity contribution in [3.05, 3.63) is 42.1 Å². The fraction of sp³-hybridized carbons (Fsp3) is 0.429. The molecule has 20 heavy (non-hydrogen) atoms. The van der Waals surface area contributed by atoms with Crippen LogP contribution in [0.4, 0.5) is 0 Å². The summed E-state index contributed by atoms with van der Waals surface area (Å²) in [4.78, 5) is 26.5. The van der Waals surface area contributed by atoms with Crippen LogP contribution in [0.2, 0.25) is 0 Å². The number of rotatable bonds is 2. The highest BCUT2D eigenvalue weighted by Gasteiger charge is 2.27. The second-order valence-corrected chi connectivity index (χ2v) is 4.98. The number of piperidine rings is 1. The van der Waals surface area contributed by atoms with Crippen molar-refractivity contribution in [2.24, 2.45) is 0 Å². The average molecular weight is 272 g/mol. The molecule has 1 fully saturated rings. The smallest absolute Gasteiger partial charge is 0.291 e. The van der Waals surface area contributed by atoms with Crippen molar-refractivity contribution in [1.82, 2.24) is 19.9 Å². The number of amides is 1. The van der Waals surface area contributed by atoms with Crippen molar-refractivity contribution in [3.63, 3.8) is 0 Å². The quantitative estimate of drug-likeness (QED) is 0.833. The molecule has 0 saturated carbocycles. The molecule has 3 heterocycles. The van der Waals surface area contributed by atoms with Crippen molar-refractivity contribution >= 4 is 5.91 Å². The summed E-state index contributed by atoms with van der Waals surface area (Å²) in [6.45, 7) is 3.29. The fourth-order valence-electron chi connectivity index (χ4n) is 2.58. The fourth-order valence-corrected chi connectivity index (χ4v) is 2.58. The van der Waals surface area contributed by atoms with Gasteiger partial charge in [0, 0.05) is 30.9 Å². The minimum atomic E-state index is -0.0991. The molecule has 0 unspecified atom stereocenters. The molecular formula is C14H16N4O2. The first-order chi connectivity index (χ1) is 9.74. The average Bonchev–Trinajstić information content (AvgIpc) is 3.01.